The van der Waals surface area contributed by atoms with Crippen molar-refractivity contribution in [3.8, 4) is 0 Å². The SMILES string of the molecule is CCc1cc(C(C)C(=O)C(C)CC(C)C(C)=O)on1. The van der Waals surface area contributed by atoms with Crippen LogP contribution in [0.2, 0.25) is 0 Å². The van der Waals surface area contributed by atoms with Crippen LogP contribution in [0.25, 0.3) is 0 Å². The lowest BCUT2D eigenvalue weighted by atomic mass is 9.86. The first-order chi connectivity index (χ1) is 8.86. The Morgan fingerprint density at radius 1 is 1.26 bits per heavy atom. The van der Waals surface area contributed by atoms with Crippen molar-refractivity contribution in [3.05, 3.63) is 17.5 Å². The minimum atomic E-state index is -0.304. The van der Waals surface area contributed by atoms with Gasteiger partial charge in [0.15, 0.2) is 0 Å². The molecule has 0 aliphatic heterocycles. The van der Waals surface area contributed by atoms with Crippen LogP contribution in [0.5, 0.6) is 0 Å². The number of carbonyl (C=O) groups excluding carboxylic acids is 2. The molecule has 0 amide bonds. The second-order valence-corrected chi connectivity index (χ2v) is 5.35. The van der Waals surface area contributed by atoms with Gasteiger partial charge in [-0.25, -0.2) is 0 Å². The van der Waals surface area contributed by atoms with Gasteiger partial charge in [0.25, 0.3) is 0 Å². The zero-order chi connectivity index (χ0) is 14.6. The van der Waals surface area contributed by atoms with E-state index in [1.807, 2.05) is 33.8 Å². The normalized spacial score (nSPS) is 15.8. The van der Waals surface area contributed by atoms with Gasteiger partial charge in [-0.2, -0.15) is 0 Å². The van der Waals surface area contributed by atoms with E-state index in [2.05, 4.69) is 5.16 Å². The van der Waals surface area contributed by atoms with Gasteiger partial charge in [0.2, 0.25) is 0 Å². The lowest BCUT2D eigenvalue weighted by molar-refractivity contribution is -0.125. The lowest BCUT2D eigenvalue weighted by Gasteiger charge is -2.16. The third-order valence-electron chi connectivity index (χ3n) is 3.68. The number of aryl methyl sites for hydroxylation is 1. The molecule has 4 heteroatoms. The van der Waals surface area contributed by atoms with Crippen LogP contribution in [0, 0.1) is 11.8 Å². The highest BCUT2D eigenvalue weighted by Crippen LogP contribution is 2.24. The molecule has 1 rings (SSSR count). The number of hydrogen-bond acceptors (Lipinski definition) is 4. The molecule has 0 saturated heterocycles. The van der Waals surface area contributed by atoms with Crippen molar-refractivity contribution in [1.82, 2.24) is 5.16 Å². The quantitative estimate of drug-likeness (QED) is 0.759. The Labute approximate surface area is 114 Å². The molecule has 0 aliphatic rings. The summed E-state index contributed by atoms with van der Waals surface area (Å²) in [6.07, 6.45) is 1.38. The number of Topliss-reactive ketones (excluding diaryl/α,β-unsaturated/α-hetero) is 2. The molecule has 0 N–H and O–H groups in total. The average molecular weight is 265 g/mol. The van der Waals surface area contributed by atoms with Gasteiger partial charge < -0.3 is 4.52 Å². The van der Waals surface area contributed by atoms with Crippen LogP contribution in [0.15, 0.2) is 10.6 Å². The first kappa shape index (κ1) is 15.6. The Kier molecular flexibility index (Phi) is 5.45. The van der Waals surface area contributed by atoms with Crippen molar-refractivity contribution >= 4 is 11.6 Å². The Hall–Kier alpha value is -1.45. The largest absolute Gasteiger partial charge is 0.360 e. The molecule has 0 aromatic carbocycles. The molecular formula is C15H23NO3. The van der Waals surface area contributed by atoms with Crippen molar-refractivity contribution in [3.63, 3.8) is 0 Å². The molecule has 3 atom stereocenters. The van der Waals surface area contributed by atoms with Crippen molar-refractivity contribution in [1.29, 1.82) is 0 Å². The molecule has 0 radical (unpaired) electrons. The van der Waals surface area contributed by atoms with E-state index < -0.39 is 0 Å². The Bertz CT molecular complexity index is 450. The summed E-state index contributed by atoms with van der Waals surface area (Å²) >= 11 is 0. The fourth-order valence-electron chi connectivity index (χ4n) is 2.08. The standard InChI is InChI=1S/C15H23NO3/c1-6-13-8-14(19-16-13)11(4)15(18)10(3)7-9(2)12(5)17/h8-11H,6-7H2,1-5H3. The van der Waals surface area contributed by atoms with Gasteiger partial charge in [-0.3, -0.25) is 9.59 Å². The summed E-state index contributed by atoms with van der Waals surface area (Å²) in [6.45, 7) is 9.12. The predicted octanol–water partition coefficient (Wildman–Crippen LogP) is 3.16. The Balaban J connectivity index is 2.68. The van der Waals surface area contributed by atoms with E-state index in [4.69, 9.17) is 4.52 Å². The third-order valence-corrected chi connectivity index (χ3v) is 3.68. The summed E-state index contributed by atoms with van der Waals surface area (Å²) in [7, 11) is 0. The highest BCUT2D eigenvalue weighted by Gasteiger charge is 2.26. The monoisotopic (exact) mass is 265 g/mol. The molecule has 1 aromatic rings. The summed E-state index contributed by atoms with van der Waals surface area (Å²) in [5.41, 5.74) is 0.861. The predicted molar refractivity (Wildman–Crippen MR) is 72.9 cm³/mol. The molecule has 0 aliphatic carbocycles. The van der Waals surface area contributed by atoms with Crippen LogP contribution in [0.1, 0.15) is 58.4 Å². The Morgan fingerprint density at radius 3 is 2.37 bits per heavy atom. The van der Waals surface area contributed by atoms with Crippen molar-refractivity contribution in [2.24, 2.45) is 11.8 Å². The van der Waals surface area contributed by atoms with Crippen molar-refractivity contribution in [2.75, 3.05) is 0 Å². The average Bonchev–Trinajstić information content (AvgIpc) is 2.85. The van der Waals surface area contributed by atoms with Crippen LogP contribution >= 0.6 is 0 Å². The molecule has 1 heterocycles. The van der Waals surface area contributed by atoms with E-state index in [1.165, 1.54) is 0 Å². The maximum atomic E-state index is 12.3. The lowest BCUT2D eigenvalue weighted by Crippen LogP contribution is -2.21. The number of carbonyl (C=O) groups is 2. The Morgan fingerprint density at radius 2 is 1.89 bits per heavy atom. The molecule has 4 nitrogen and oxygen atoms in total. The smallest absolute Gasteiger partial charge is 0.147 e. The van der Waals surface area contributed by atoms with E-state index in [0.29, 0.717) is 12.2 Å². The van der Waals surface area contributed by atoms with Gasteiger partial charge in [-0.1, -0.05) is 25.9 Å². The minimum absolute atomic E-state index is 0.0768. The molecule has 0 saturated carbocycles. The van der Waals surface area contributed by atoms with E-state index in [1.54, 1.807) is 6.92 Å². The van der Waals surface area contributed by atoms with E-state index in [0.717, 1.165) is 12.1 Å². The van der Waals surface area contributed by atoms with Gasteiger partial charge in [-0.05, 0) is 26.7 Å². The zero-order valence-corrected chi connectivity index (χ0v) is 12.4. The number of hydrogen-bond donors (Lipinski definition) is 0. The zero-order valence-electron chi connectivity index (χ0n) is 12.4. The molecule has 1 aromatic heterocycles. The van der Waals surface area contributed by atoms with E-state index in [9.17, 15) is 9.59 Å². The molecular weight excluding hydrogens is 242 g/mol. The van der Waals surface area contributed by atoms with Gasteiger partial charge in [-0.15, -0.1) is 0 Å². The molecule has 0 fully saturated rings. The topological polar surface area (TPSA) is 60.2 Å². The summed E-state index contributed by atoms with van der Waals surface area (Å²) in [5, 5.41) is 3.91. The highest BCUT2D eigenvalue weighted by atomic mass is 16.5. The summed E-state index contributed by atoms with van der Waals surface area (Å²) in [5.74, 6) is 0.314. The van der Waals surface area contributed by atoms with Gasteiger partial charge >= 0.3 is 0 Å². The van der Waals surface area contributed by atoms with Gasteiger partial charge in [0.1, 0.15) is 17.3 Å². The van der Waals surface area contributed by atoms with Gasteiger partial charge in [0, 0.05) is 17.9 Å². The molecule has 3 unspecified atom stereocenters. The van der Waals surface area contributed by atoms with Crippen LogP contribution in [0.4, 0.5) is 0 Å². The van der Waals surface area contributed by atoms with Crippen LogP contribution in [-0.4, -0.2) is 16.7 Å². The second kappa shape index (κ2) is 6.64. The minimum Gasteiger partial charge on any atom is -0.360 e. The molecule has 19 heavy (non-hydrogen) atoms. The van der Waals surface area contributed by atoms with Crippen LogP contribution < -0.4 is 0 Å². The summed E-state index contributed by atoms with van der Waals surface area (Å²) in [6, 6.07) is 1.84. The van der Waals surface area contributed by atoms with Crippen molar-refractivity contribution < 1.29 is 14.1 Å². The number of ketones is 2. The van der Waals surface area contributed by atoms with Crippen LogP contribution in [-0.2, 0) is 16.0 Å². The van der Waals surface area contributed by atoms with Gasteiger partial charge in [0.05, 0.1) is 11.6 Å². The van der Waals surface area contributed by atoms with E-state index >= 15 is 0 Å². The van der Waals surface area contributed by atoms with Crippen LogP contribution in [0.3, 0.4) is 0 Å². The molecule has 106 valence electrons. The molecule has 0 spiro atoms. The number of nitrogens with zero attached hydrogens (tertiary/aromatic N) is 1. The first-order valence-corrected chi connectivity index (χ1v) is 6.86. The highest BCUT2D eigenvalue weighted by molar-refractivity contribution is 5.87. The van der Waals surface area contributed by atoms with E-state index in [-0.39, 0.29) is 29.3 Å². The number of rotatable bonds is 7. The third kappa shape index (κ3) is 4.01. The fraction of sp³-hybridized carbons (Fsp3) is 0.667. The number of aromatic nitrogens is 1. The molecule has 0 bridgehead atoms. The first-order valence-electron chi connectivity index (χ1n) is 6.86. The summed E-state index contributed by atoms with van der Waals surface area (Å²) < 4.78 is 5.20. The van der Waals surface area contributed by atoms with Crippen molar-refractivity contribution in [2.45, 2.75) is 53.4 Å². The maximum absolute atomic E-state index is 12.3. The summed E-state index contributed by atoms with van der Waals surface area (Å²) in [4.78, 5) is 23.5. The maximum Gasteiger partial charge on any atom is 0.147 e. The second-order valence-electron chi connectivity index (χ2n) is 5.35. The fourth-order valence-corrected chi connectivity index (χ4v) is 2.08.